The Hall–Kier alpha value is -0.580. The fourth-order valence-corrected chi connectivity index (χ4v) is 2.25. The van der Waals surface area contributed by atoms with Crippen LogP contribution in [0, 0.1) is 0 Å². The van der Waals surface area contributed by atoms with Gasteiger partial charge in [0.2, 0.25) is 0 Å². The number of benzene rings is 1. The van der Waals surface area contributed by atoms with Gasteiger partial charge in [0.15, 0.2) is 11.1 Å². The Balaban J connectivity index is 2.62. The summed E-state index contributed by atoms with van der Waals surface area (Å²) in [4.78, 5) is 0.264. The van der Waals surface area contributed by atoms with Gasteiger partial charge in [-0.15, -0.1) is 0 Å². The van der Waals surface area contributed by atoms with Crippen molar-refractivity contribution in [1.29, 1.82) is 0 Å². The summed E-state index contributed by atoms with van der Waals surface area (Å²) in [7, 11) is 0. The molecule has 1 atom stereocenters. The van der Waals surface area contributed by atoms with Crippen LogP contribution < -0.4 is 4.74 Å². The zero-order valence-corrected chi connectivity index (χ0v) is 8.19. The minimum absolute atomic E-state index is 0.264. The average Bonchev–Trinajstić information content (AvgIpc) is 2.49. The van der Waals surface area contributed by atoms with E-state index in [1.807, 2.05) is 0 Å². The zero-order chi connectivity index (χ0) is 9.42. The van der Waals surface area contributed by atoms with E-state index in [9.17, 15) is 4.21 Å². The van der Waals surface area contributed by atoms with Crippen molar-refractivity contribution in [3.8, 4) is 5.75 Å². The van der Waals surface area contributed by atoms with E-state index >= 15 is 0 Å². The normalized spacial score (nSPS) is 16.5. The van der Waals surface area contributed by atoms with E-state index in [1.165, 1.54) is 6.07 Å². The van der Waals surface area contributed by atoms with Gasteiger partial charge in [-0.3, -0.25) is 0 Å². The molecule has 0 amide bonds. The van der Waals surface area contributed by atoms with Gasteiger partial charge in [-0.05, 0) is 12.1 Å². The molecular weight excluding hydrogens is 212 g/mol. The smallest absolute Gasteiger partial charge is 0.190 e. The van der Waals surface area contributed by atoms with Crippen LogP contribution >= 0.6 is 11.6 Å². The summed E-state index contributed by atoms with van der Waals surface area (Å²) in [5.41, 5.74) is 0.907. The SMILES string of the molecule is O=S(O)c1cc(Cl)cc2c1OCC2. The number of fused-ring (bicyclic) bond motifs is 1. The first-order valence-electron chi connectivity index (χ1n) is 3.74. The highest BCUT2D eigenvalue weighted by atomic mass is 35.5. The van der Waals surface area contributed by atoms with Gasteiger partial charge in [0, 0.05) is 17.0 Å². The zero-order valence-electron chi connectivity index (χ0n) is 6.62. The Labute approximate surface area is 82.9 Å². The first-order chi connectivity index (χ1) is 6.18. The molecule has 0 radical (unpaired) electrons. The average molecular weight is 219 g/mol. The predicted octanol–water partition coefficient (Wildman–Crippen LogP) is 1.86. The fourth-order valence-electron chi connectivity index (χ4n) is 1.36. The molecule has 1 heterocycles. The van der Waals surface area contributed by atoms with E-state index in [0.29, 0.717) is 17.4 Å². The first-order valence-corrected chi connectivity index (χ1v) is 5.23. The third kappa shape index (κ3) is 1.57. The highest BCUT2D eigenvalue weighted by molar-refractivity contribution is 7.79. The molecular formula is C8H7ClO3S. The molecule has 1 aliphatic rings. The lowest BCUT2D eigenvalue weighted by atomic mass is 10.2. The minimum atomic E-state index is -2.03. The van der Waals surface area contributed by atoms with E-state index in [2.05, 4.69) is 0 Å². The largest absolute Gasteiger partial charge is 0.492 e. The van der Waals surface area contributed by atoms with Gasteiger partial charge in [-0.2, -0.15) is 0 Å². The molecule has 1 unspecified atom stereocenters. The van der Waals surface area contributed by atoms with E-state index in [1.54, 1.807) is 6.07 Å². The van der Waals surface area contributed by atoms with Crippen molar-refractivity contribution in [3.63, 3.8) is 0 Å². The molecule has 0 fully saturated rings. The van der Waals surface area contributed by atoms with Gasteiger partial charge in [-0.25, -0.2) is 4.21 Å². The van der Waals surface area contributed by atoms with Crippen LogP contribution in [-0.2, 0) is 17.5 Å². The molecule has 3 nitrogen and oxygen atoms in total. The number of hydrogen-bond acceptors (Lipinski definition) is 2. The van der Waals surface area contributed by atoms with Gasteiger partial charge >= 0.3 is 0 Å². The maximum Gasteiger partial charge on any atom is 0.190 e. The monoisotopic (exact) mass is 218 g/mol. The van der Waals surface area contributed by atoms with Crippen molar-refractivity contribution in [2.45, 2.75) is 11.3 Å². The highest BCUT2D eigenvalue weighted by Gasteiger charge is 2.20. The summed E-state index contributed by atoms with van der Waals surface area (Å²) in [5, 5.41) is 0.474. The Morgan fingerprint density at radius 1 is 1.54 bits per heavy atom. The van der Waals surface area contributed by atoms with E-state index < -0.39 is 11.1 Å². The summed E-state index contributed by atoms with van der Waals surface area (Å²) < 4.78 is 25.1. The van der Waals surface area contributed by atoms with Gasteiger partial charge in [0.25, 0.3) is 0 Å². The second kappa shape index (κ2) is 3.29. The van der Waals surface area contributed by atoms with Crippen LogP contribution in [0.2, 0.25) is 5.02 Å². The highest BCUT2D eigenvalue weighted by Crippen LogP contribution is 2.34. The van der Waals surface area contributed by atoms with Crippen LogP contribution in [0.15, 0.2) is 17.0 Å². The Bertz CT molecular complexity index is 378. The summed E-state index contributed by atoms with van der Waals surface area (Å²) in [6.07, 6.45) is 0.750. The third-order valence-corrected chi connectivity index (χ3v) is 2.80. The van der Waals surface area contributed by atoms with Crippen molar-refractivity contribution in [1.82, 2.24) is 0 Å². The van der Waals surface area contributed by atoms with Crippen LogP contribution in [0.1, 0.15) is 5.56 Å². The van der Waals surface area contributed by atoms with Crippen LogP contribution in [0.5, 0.6) is 5.75 Å². The maximum absolute atomic E-state index is 10.9. The molecule has 2 rings (SSSR count). The summed E-state index contributed by atoms with van der Waals surface area (Å²) in [6, 6.07) is 3.22. The molecule has 0 aliphatic carbocycles. The predicted molar refractivity (Wildman–Crippen MR) is 49.7 cm³/mol. The van der Waals surface area contributed by atoms with Crippen LogP contribution in [0.25, 0.3) is 0 Å². The summed E-state index contributed by atoms with van der Waals surface area (Å²) >= 11 is 3.74. The number of ether oxygens (including phenoxy) is 1. The van der Waals surface area contributed by atoms with Crippen molar-refractivity contribution >= 4 is 22.7 Å². The van der Waals surface area contributed by atoms with Crippen LogP contribution in [-0.4, -0.2) is 15.4 Å². The molecule has 0 bridgehead atoms. The second-order valence-corrected chi connectivity index (χ2v) is 4.11. The molecule has 13 heavy (non-hydrogen) atoms. The Kier molecular flexibility index (Phi) is 2.27. The third-order valence-electron chi connectivity index (χ3n) is 1.90. The van der Waals surface area contributed by atoms with Gasteiger partial charge in [0.1, 0.15) is 10.6 Å². The van der Waals surface area contributed by atoms with Gasteiger partial charge in [-0.1, -0.05) is 11.6 Å². The van der Waals surface area contributed by atoms with E-state index in [0.717, 1.165) is 12.0 Å². The van der Waals surface area contributed by atoms with E-state index in [4.69, 9.17) is 20.9 Å². The number of hydrogen-bond donors (Lipinski definition) is 1. The quantitative estimate of drug-likeness (QED) is 0.732. The van der Waals surface area contributed by atoms with Crippen LogP contribution in [0.4, 0.5) is 0 Å². The van der Waals surface area contributed by atoms with Crippen molar-refractivity contribution in [3.05, 3.63) is 22.7 Å². The van der Waals surface area contributed by atoms with Crippen molar-refractivity contribution in [2.24, 2.45) is 0 Å². The molecule has 1 aromatic rings. The summed E-state index contributed by atoms with van der Waals surface area (Å²) in [6.45, 7) is 0.555. The van der Waals surface area contributed by atoms with Crippen LogP contribution in [0.3, 0.4) is 0 Å². The van der Waals surface area contributed by atoms with Crippen molar-refractivity contribution in [2.75, 3.05) is 6.61 Å². The molecule has 0 saturated heterocycles. The van der Waals surface area contributed by atoms with Gasteiger partial charge in [0.05, 0.1) is 6.61 Å². The minimum Gasteiger partial charge on any atom is -0.492 e. The molecule has 1 aromatic carbocycles. The standard InChI is InChI=1S/C8H7ClO3S/c9-6-3-5-1-2-12-8(5)7(4-6)13(10)11/h3-4H,1-2H2,(H,10,11). The molecule has 0 saturated carbocycles. The Morgan fingerprint density at radius 3 is 3.00 bits per heavy atom. The molecule has 0 spiro atoms. The lowest BCUT2D eigenvalue weighted by molar-refractivity contribution is 0.348. The lowest BCUT2D eigenvalue weighted by Gasteiger charge is -2.04. The second-order valence-electron chi connectivity index (χ2n) is 2.74. The first kappa shape index (κ1) is 8.99. The number of halogens is 1. The Morgan fingerprint density at radius 2 is 2.31 bits per heavy atom. The number of rotatable bonds is 1. The van der Waals surface area contributed by atoms with E-state index in [-0.39, 0.29) is 4.90 Å². The molecule has 5 heteroatoms. The van der Waals surface area contributed by atoms with Gasteiger partial charge < -0.3 is 9.29 Å². The molecule has 1 aliphatic heterocycles. The maximum atomic E-state index is 10.9. The lowest BCUT2D eigenvalue weighted by Crippen LogP contribution is -1.94. The summed E-state index contributed by atoms with van der Waals surface area (Å²) in [5.74, 6) is 0.519. The molecule has 70 valence electrons. The van der Waals surface area contributed by atoms with Crippen molar-refractivity contribution < 1.29 is 13.5 Å². The topological polar surface area (TPSA) is 46.5 Å². The molecule has 1 N–H and O–H groups in total. The molecule has 0 aromatic heterocycles. The fraction of sp³-hybridized carbons (Fsp3) is 0.250.